The molecule has 0 aliphatic carbocycles. The van der Waals surface area contributed by atoms with Crippen LogP contribution in [0.3, 0.4) is 0 Å². The van der Waals surface area contributed by atoms with E-state index >= 15 is 0 Å². The van der Waals surface area contributed by atoms with Gasteiger partial charge >= 0.3 is 0 Å². The SMILES string of the molecule is CS(=O)(=O)C1CN(C(c2ccc(F)cc2)C(O)(c2cccnc2)c2ccc[nH+]c2)C1. The van der Waals surface area contributed by atoms with Gasteiger partial charge in [-0.1, -0.05) is 18.2 Å². The van der Waals surface area contributed by atoms with E-state index < -0.39 is 26.7 Å². The van der Waals surface area contributed by atoms with E-state index in [9.17, 15) is 17.9 Å². The van der Waals surface area contributed by atoms with Crippen molar-refractivity contribution < 1.29 is 22.9 Å². The standard InChI is InChI=1S/C22H22FN3O3S/c1-30(28,29)20-14-26(15-20)21(16-6-8-19(23)9-7-16)22(27,17-4-2-10-24-12-17)18-5-3-11-25-13-18/h2-13,20-21,27H,14-15H2,1H3/p+1. The first kappa shape index (κ1) is 20.6. The third-order valence-electron chi connectivity index (χ3n) is 5.68. The Balaban J connectivity index is 1.87. The lowest BCUT2D eigenvalue weighted by atomic mass is 9.76. The van der Waals surface area contributed by atoms with E-state index in [1.54, 1.807) is 61.2 Å². The summed E-state index contributed by atoms with van der Waals surface area (Å²) in [4.78, 5) is 9.10. The fourth-order valence-corrected chi connectivity index (χ4v) is 4.94. The van der Waals surface area contributed by atoms with Gasteiger partial charge in [-0.25, -0.2) is 17.8 Å². The van der Waals surface area contributed by atoms with Gasteiger partial charge in [0.25, 0.3) is 0 Å². The highest BCUT2D eigenvalue weighted by Crippen LogP contribution is 2.46. The van der Waals surface area contributed by atoms with Crippen molar-refractivity contribution >= 4 is 9.84 Å². The van der Waals surface area contributed by atoms with Gasteiger partial charge in [0.2, 0.25) is 0 Å². The van der Waals surface area contributed by atoms with E-state index in [2.05, 4.69) is 9.97 Å². The third-order valence-corrected chi connectivity index (χ3v) is 7.19. The van der Waals surface area contributed by atoms with Crippen molar-refractivity contribution in [1.82, 2.24) is 9.88 Å². The van der Waals surface area contributed by atoms with Gasteiger partial charge in [-0.3, -0.25) is 9.88 Å². The number of aromatic amines is 1. The third kappa shape index (κ3) is 3.74. The number of halogens is 1. The molecule has 2 unspecified atom stereocenters. The number of likely N-dealkylation sites (tertiary alicyclic amines) is 1. The maximum atomic E-state index is 13.6. The van der Waals surface area contributed by atoms with Crippen molar-refractivity contribution in [2.75, 3.05) is 19.3 Å². The van der Waals surface area contributed by atoms with Crippen LogP contribution in [0.4, 0.5) is 4.39 Å². The first-order valence-electron chi connectivity index (χ1n) is 9.58. The molecule has 1 aliphatic heterocycles. The van der Waals surface area contributed by atoms with E-state index in [0.717, 1.165) is 0 Å². The monoisotopic (exact) mass is 428 g/mol. The zero-order chi connectivity index (χ0) is 21.4. The van der Waals surface area contributed by atoms with E-state index in [0.29, 0.717) is 16.7 Å². The highest BCUT2D eigenvalue weighted by molar-refractivity contribution is 7.91. The summed E-state index contributed by atoms with van der Waals surface area (Å²) in [5, 5.41) is 11.7. The molecular weight excluding hydrogens is 405 g/mol. The smallest absolute Gasteiger partial charge is 0.173 e. The van der Waals surface area contributed by atoms with Crippen LogP contribution in [0.15, 0.2) is 73.3 Å². The summed E-state index contributed by atoms with van der Waals surface area (Å²) in [6.07, 6.45) is 7.89. The van der Waals surface area contributed by atoms with Crippen LogP contribution in [-0.4, -0.2) is 48.0 Å². The van der Waals surface area contributed by atoms with Crippen LogP contribution in [0, 0.1) is 5.82 Å². The van der Waals surface area contributed by atoms with Gasteiger partial charge in [-0.05, 0) is 29.8 Å². The molecule has 2 aromatic heterocycles. The van der Waals surface area contributed by atoms with Crippen molar-refractivity contribution in [2.24, 2.45) is 0 Å². The summed E-state index contributed by atoms with van der Waals surface area (Å²) >= 11 is 0. The number of hydrogen-bond donors (Lipinski definition) is 1. The van der Waals surface area contributed by atoms with Crippen LogP contribution >= 0.6 is 0 Å². The molecule has 3 aromatic rings. The Morgan fingerprint density at radius 2 is 1.87 bits per heavy atom. The molecule has 30 heavy (non-hydrogen) atoms. The van der Waals surface area contributed by atoms with Gasteiger partial charge in [-0.15, -0.1) is 0 Å². The maximum Gasteiger partial charge on any atom is 0.173 e. The number of sulfone groups is 1. The number of aliphatic hydroxyl groups is 1. The first-order chi connectivity index (χ1) is 14.3. The van der Waals surface area contributed by atoms with E-state index in [1.807, 2.05) is 4.90 Å². The van der Waals surface area contributed by atoms with Gasteiger partial charge in [0.05, 0.1) is 16.9 Å². The molecule has 0 saturated carbocycles. The Hall–Kier alpha value is -2.68. The molecule has 0 radical (unpaired) electrons. The molecule has 1 aliphatic rings. The van der Waals surface area contributed by atoms with Crippen molar-refractivity contribution in [3.63, 3.8) is 0 Å². The van der Waals surface area contributed by atoms with E-state index in [4.69, 9.17) is 0 Å². The molecule has 0 spiro atoms. The molecule has 2 N–H and O–H groups in total. The molecule has 2 atom stereocenters. The van der Waals surface area contributed by atoms with Crippen LogP contribution in [0.1, 0.15) is 22.7 Å². The number of nitrogens with one attached hydrogen (secondary N) is 1. The highest BCUT2D eigenvalue weighted by atomic mass is 32.2. The number of benzene rings is 1. The zero-order valence-electron chi connectivity index (χ0n) is 16.4. The van der Waals surface area contributed by atoms with Crippen LogP contribution in [0.2, 0.25) is 0 Å². The van der Waals surface area contributed by atoms with Gasteiger partial charge < -0.3 is 5.11 Å². The zero-order valence-corrected chi connectivity index (χ0v) is 17.3. The summed E-state index contributed by atoms with van der Waals surface area (Å²) in [6, 6.07) is 12.4. The average molecular weight is 429 g/mol. The minimum atomic E-state index is -3.20. The molecule has 156 valence electrons. The van der Waals surface area contributed by atoms with Gasteiger partial charge in [0.1, 0.15) is 11.4 Å². The molecule has 1 saturated heterocycles. The Bertz CT molecular complexity index is 1060. The molecule has 0 amide bonds. The van der Waals surface area contributed by atoms with Crippen LogP contribution in [-0.2, 0) is 15.4 Å². The van der Waals surface area contributed by atoms with Gasteiger partial charge in [0.15, 0.2) is 22.2 Å². The molecule has 6 nitrogen and oxygen atoms in total. The largest absolute Gasteiger partial charge is 0.378 e. The lowest BCUT2D eigenvalue weighted by Gasteiger charge is -2.49. The fourth-order valence-electron chi connectivity index (χ4n) is 4.01. The summed E-state index contributed by atoms with van der Waals surface area (Å²) in [5.41, 5.74) is 0.280. The predicted octanol–water partition coefficient (Wildman–Crippen LogP) is 1.74. The van der Waals surface area contributed by atoms with E-state index in [-0.39, 0.29) is 18.9 Å². The number of H-pyrrole nitrogens is 1. The van der Waals surface area contributed by atoms with Crippen molar-refractivity contribution in [3.8, 4) is 0 Å². The van der Waals surface area contributed by atoms with Crippen LogP contribution < -0.4 is 4.98 Å². The van der Waals surface area contributed by atoms with Gasteiger partial charge in [-0.2, -0.15) is 0 Å². The Morgan fingerprint density at radius 1 is 1.17 bits per heavy atom. The maximum absolute atomic E-state index is 13.6. The Labute approximate surface area is 175 Å². The minimum Gasteiger partial charge on any atom is -0.378 e. The van der Waals surface area contributed by atoms with Gasteiger partial charge in [0, 0.05) is 43.4 Å². The summed E-state index contributed by atoms with van der Waals surface area (Å²) in [6.45, 7) is 0.556. The second kappa shape index (κ2) is 7.86. The first-order valence-corrected chi connectivity index (χ1v) is 11.5. The Kier molecular flexibility index (Phi) is 5.40. The molecule has 1 aromatic carbocycles. The van der Waals surface area contributed by atoms with E-state index in [1.165, 1.54) is 18.4 Å². The van der Waals surface area contributed by atoms with Crippen molar-refractivity contribution in [3.05, 3.63) is 95.8 Å². The van der Waals surface area contributed by atoms with Crippen molar-refractivity contribution in [1.29, 1.82) is 0 Å². The topological polar surface area (TPSA) is 84.6 Å². The second-order valence-corrected chi connectivity index (χ2v) is 9.99. The lowest BCUT2D eigenvalue weighted by molar-refractivity contribution is -0.379. The average Bonchev–Trinajstić information content (AvgIpc) is 2.71. The minimum absolute atomic E-state index is 0.278. The molecule has 4 rings (SSSR count). The lowest BCUT2D eigenvalue weighted by Crippen LogP contribution is -2.59. The summed E-state index contributed by atoms with van der Waals surface area (Å²) < 4.78 is 37.6. The number of nitrogens with zero attached hydrogens (tertiary/aromatic N) is 2. The molecule has 3 heterocycles. The normalized spacial score (nSPS) is 18.4. The number of rotatable bonds is 6. The summed E-state index contributed by atoms with van der Waals surface area (Å²) in [5.74, 6) is -0.381. The number of pyridine rings is 2. The Morgan fingerprint density at radius 3 is 2.43 bits per heavy atom. The summed E-state index contributed by atoms with van der Waals surface area (Å²) in [7, 11) is -3.20. The fraction of sp³-hybridized carbons (Fsp3) is 0.273. The molecular formula is C22H23FN3O3S+. The van der Waals surface area contributed by atoms with Crippen LogP contribution in [0.25, 0.3) is 0 Å². The predicted molar refractivity (Wildman–Crippen MR) is 110 cm³/mol. The van der Waals surface area contributed by atoms with Crippen LogP contribution in [0.5, 0.6) is 0 Å². The quantitative estimate of drug-likeness (QED) is 0.647. The highest BCUT2D eigenvalue weighted by Gasteiger charge is 2.50. The van der Waals surface area contributed by atoms with Crippen molar-refractivity contribution in [2.45, 2.75) is 16.9 Å². The molecule has 0 bridgehead atoms. The second-order valence-electron chi connectivity index (χ2n) is 7.66. The number of hydrogen-bond acceptors (Lipinski definition) is 5. The molecule has 8 heteroatoms. The number of aromatic nitrogens is 2. The molecule has 1 fully saturated rings.